The van der Waals surface area contributed by atoms with Crippen LogP contribution in [0.3, 0.4) is 0 Å². The Labute approximate surface area is 170 Å². The van der Waals surface area contributed by atoms with Crippen LogP contribution in [0.1, 0.15) is 35.5 Å². The normalized spacial score (nSPS) is 12.3. The highest BCUT2D eigenvalue weighted by Crippen LogP contribution is 2.38. The first-order valence-electron chi connectivity index (χ1n) is 9.67. The van der Waals surface area contributed by atoms with Crippen molar-refractivity contribution in [1.29, 1.82) is 0 Å². The molecule has 0 aliphatic rings. The molecule has 0 saturated carbocycles. The number of methoxy groups -OCH3 is 1. The van der Waals surface area contributed by atoms with Crippen molar-refractivity contribution in [3.8, 4) is 28.1 Å². The van der Waals surface area contributed by atoms with E-state index in [1.54, 1.807) is 7.11 Å². The van der Waals surface area contributed by atoms with Crippen LogP contribution in [-0.2, 0) is 0 Å². The Kier molecular flexibility index (Phi) is 4.84. The van der Waals surface area contributed by atoms with Crippen LogP contribution in [0.4, 0.5) is 0 Å². The van der Waals surface area contributed by atoms with Gasteiger partial charge in [-0.2, -0.15) is 0 Å². The minimum atomic E-state index is -0.0900. The number of hydrogen-bond donors (Lipinski definition) is 1. The smallest absolute Gasteiger partial charge is 0.143 e. The van der Waals surface area contributed by atoms with Crippen LogP contribution in [-0.4, -0.2) is 17.3 Å². The summed E-state index contributed by atoms with van der Waals surface area (Å²) in [6, 6.07) is 14.3. The quantitative estimate of drug-likeness (QED) is 0.500. The van der Waals surface area contributed by atoms with Crippen LogP contribution < -0.4 is 10.5 Å². The van der Waals surface area contributed by atoms with E-state index < -0.39 is 0 Å². The number of aryl methyl sites for hydroxylation is 3. The molecule has 1 unspecified atom stereocenters. The van der Waals surface area contributed by atoms with Gasteiger partial charge in [-0.25, -0.2) is 4.98 Å². The maximum Gasteiger partial charge on any atom is 0.143 e. The van der Waals surface area contributed by atoms with Crippen molar-refractivity contribution in [2.45, 2.75) is 33.7 Å². The predicted octanol–water partition coefficient (Wildman–Crippen LogP) is 5.51. The minimum absolute atomic E-state index is 0.0900. The van der Waals surface area contributed by atoms with Crippen molar-refractivity contribution in [3.63, 3.8) is 0 Å². The van der Waals surface area contributed by atoms with Crippen molar-refractivity contribution >= 4 is 10.9 Å². The predicted molar refractivity (Wildman–Crippen MR) is 116 cm³/mol. The van der Waals surface area contributed by atoms with E-state index in [0.29, 0.717) is 0 Å². The molecule has 5 heteroatoms. The molecule has 29 heavy (non-hydrogen) atoms. The average molecular weight is 387 g/mol. The molecule has 0 radical (unpaired) electrons. The van der Waals surface area contributed by atoms with Crippen molar-refractivity contribution in [2.75, 3.05) is 7.11 Å². The van der Waals surface area contributed by atoms with E-state index >= 15 is 0 Å². The zero-order valence-corrected chi connectivity index (χ0v) is 17.4. The summed E-state index contributed by atoms with van der Waals surface area (Å²) in [4.78, 5) is 5.08. The molecule has 0 spiro atoms. The van der Waals surface area contributed by atoms with Gasteiger partial charge in [0.05, 0.1) is 29.6 Å². The molecule has 2 aromatic heterocycles. The summed E-state index contributed by atoms with van der Waals surface area (Å²) in [7, 11) is 1.67. The van der Waals surface area contributed by atoms with Gasteiger partial charge in [-0.1, -0.05) is 23.4 Å². The number of pyridine rings is 1. The molecule has 0 fully saturated rings. The van der Waals surface area contributed by atoms with Crippen LogP contribution >= 0.6 is 0 Å². The average Bonchev–Trinajstić information content (AvgIpc) is 3.04. The molecule has 0 aliphatic carbocycles. The van der Waals surface area contributed by atoms with Gasteiger partial charge in [-0.15, -0.1) is 0 Å². The first-order chi connectivity index (χ1) is 13.9. The Balaban J connectivity index is 2.08. The zero-order valence-electron chi connectivity index (χ0n) is 17.4. The summed E-state index contributed by atoms with van der Waals surface area (Å²) >= 11 is 0. The fourth-order valence-electron chi connectivity index (χ4n) is 3.83. The van der Waals surface area contributed by atoms with Gasteiger partial charge in [-0.05, 0) is 68.7 Å². The molecule has 2 aromatic carbocycles. The van der Waals surface area contributed by atoms with Gasteiger partial charge < -0.3 is 15.0 Å². The lowest BCUT2D eigenvalue weighted by Gasteiger charge is -2.16. The number of fused-ring (bicyclic) bond motifs is 1. The Morgan fingerprint density at radius 3 is 2.34 bits per heavy atom. The monoisotopic (exact) mass is 387 g/mol. The molecule has 1 atom stereocenters. The molecule has 148 valence electrons. The second-order valence-electron chi connectivity index (χ2n) is 7.52. The maximum absolute atomic E-state index is 6.29. The van der Waals surface area contributed by atoms with Gasteiger partial charge in [0.25, 0.3) is 0 Å². The molecule has 5 nitrogen and oxygen atoms in total. The van der Waals surface area contributed by atoms with E-state index in [2.05, 4.69) is 30.3 Å². The summed E-state index contributed by atoms with van der Waals surface area (Å²) in [6.07, 6.45) is 0. The third-order valence-electron chi connectivity index (χ3n) is 5.27. The third kappa shape index (κ3) is 3.38. The van der Waals surface area contributed by atoms with E-state index in [0.717, 1.165) is 61.6 Å². The summed E-state index contributed by atoms with van der Waals surface area (Å²) in [6.45, 7) is 7.94. The number of benzene rings is 2. The molecule has 0 saturated heterocycles. The maximum atomic E-state index is 6.29. The van der Waals surface area contributed by atoms with Crippen LogP contribution in [0.5, 0.6) is 5.75 Å². The Hall–Kier alpha value is -3.18. The number of rotatable bonds is 4. The standard InChI is InChI=1S/C24H25N3O2/c1-13-10-19(14(2)25)21-12-20(17-6-8-18(28-5)9-7-17)24(26-22(21)11-13)23-15(3)27-29-16(23)4/h6-12,14H,25H2,1-5H3. The molecular formula is C24H25N3O2. The first kappa shape index (κ1) is 19.2. The summed E-state index contributed by atoms with van der Waals surface area (Å²) in [5.41, 5.74) is 14.1. The van der Waals surface area contributed by atoms with Crippen LogP contribution in [0.2, 0.25) is 0 Å². The molecule has 4 aromatic rings. The van der Waals surface area contributed by atoms with E-state index in [9.17, 15) is 0 Å². The lowest BCUT2D eigenvalue weighted by Crippen LogP contribution is -2.07. The molecule has 0 aliphatic heterocycles. The van der Waals surface area contributed by atoms with E-state index in [4.69, 9.17) is 20.0 Å². The summed E-state index contributed by atoms with van der Waals surface area (Å²) < 4.78 is 10.8. The summed E-state index contributed by atoms with van der Waals surface area (Å²) in [5, 5.41) is 5.21. The highest BCUT2D eigenvalue weighted by atomic mass is 16.5. The van der Waals surface area contributed by atoms with Crippen LogP contribution in [0.25, 0.3) is 33.3 Å². The number of nitrogens with zero attached hydrogens (tertiary/aromatic N) is 2. The fourth-order valence-corrected chi connectivity index (χ4v) is 3.83. The molecule has 0 amide bonds. The van der Waals surface area contributed by atoms with Gasteiger partial charge in [-0.3, -0.25) is 0 Å². The molecule has 2 heterocycles. The van der Waals surface area contributed by atoms with Crippen LogP contribution in [0.15, 0.2) is 47.0 Å². The van der Waals surface area contributed by atoms with Crippen molar-refractivity contribution in [2.24, 2.45) is 5.73 Å². The largest absolute Gasteiger partial charge is 0.497 e. The third-order valence-corrected chi connectivity index (χ3v) is 5.27. The lowest BCUT2D eigenvalue weighted by molar-refractivity contribution is 0.393. The van der Waals surface area contributed by atoms with Crippen molar-refractivity contribution in [1.82, 2.24) is 10.1 Å². The van der Waals surface area contributed by atoms with E-state index in [1.807, 2.05) is 45.0 Å². The summed E-state index contributed by atoms with van der Waals surface area (Å²) in [5.74, 6) is 1.57. The van der Waals surface area contributed by atoms with Crippen molar-refractivity contribution < 1.29 is 9.26 Å². The lowest BCUT2D eigenvalue weighted by atomic mass is 9.93. The van der Waals surface area contributed by atoms with Crippen LogP contribution in [0, 0.1) is 20.8 Å². The van der Waals surface area contributed by atoms with Gasteiger partial charge in [0.15, 0.2) is 0 Å². The number of hydrogen-bond acceptors (Lipinski definition) is 5. The highest BCUT2D eigenvalue weighted by Gasteiger charge is 2.20. The Morgan fingerprint density at radius 2 is 1.76 bits per heavy atom. The molecule has 4 rings (SSSR count). The van der Waals surface area contributed by atoms with Gasteiger partial charge >= 0.3 is 0 Å². The molecule has 0 bridgehead atoms. The van der Waals surface area contributed by atoms with Gasteiger partial charge in [0.1, 0.15) is 11.5 Å². The second-order valence-corrected chi connectivity index (χ2v) is 7.52. The molecule has 2 N–H and O–H groups in total. The second kappa shape index (κ2) is 7.33. The Morgan fingerprint density at radius 1 is 1.03 bits per heavy atom. The van der Waals surface area contributed by atoms with E-state index in [-0.39, 0.29) is 6.04 Å². The van der Waals surface area contributed by atoms with Gasteiger partial charge in [0, 0.05) is 17.0 Å². The zero-order chi connectivity index (χ0) is 20.7. The number of nitrogens with two attached hydrogens (primary N) is 1. The van der Waals surface area contributed by atoms with Gasteiger partial charge in [0.2, 0.25) is 0 Å². The number of aromatic nitrogens is 2. The highest BCUT2D eigenvalue weighted by molar-refractivity contribution is 5.94. The SMILES string of the molecule is COc1ccc(-c2cc3c(C(C)N)cc(C)cc3nc2-c2c(C)noc2C)cc1. The Bertz CT molecular complexity index is 1170. The first-order valence-corrected chi connectivity index (χ1v) is 9.67. The topological polar surface area (TPSA) is 74.2 Å². The number of ether oxygens (including phenoxy) is 1. The fraction of sp³-hybridized carbons (Fsp3) is 0.250. The molecular weight excluding hydrogens is 362 g/mol. The van der Waals surface area contributed by atoms with E-state index in [1.165, 1.54) is 0 Å². The van der Waals surface area contributed by atoms with Crippen molar-refractivity contribution in [3.05, 3.63) is 65.0 Å². The minimum Gasteiger partial charge on any atom is -0.497 e.